The lowest BCUT2D eigenvalue weighted by atomic mass is 9.82. The summed E-state index contributed by atoms with van der Waals surface area (Å²) in [5.74, 6) is -0.707. The maximum atomic E-state index is 11.2. The van der Waals surface area contributed by atoms with Gasteiger partial charge >= 0.3 is 5.97 Å². The van der Waals surface area contributed by atoms with E-state index < -0.39 is 5.97 Å². The first-order chi connectivity index (χ1) is 7.96. The molecule has 2 fully saturated rings. The highest BCUT2D eigenvalue weighted by Gasteiger charge is 2.31. The van der Waals surface area contributed by atoms with Crippen molar-refractivity contribution in [1.29, 1.82) is 0 Å². The van der Waals surface area contributed by atoms with E-state index in [9.17, 15) is 9.90 Å². The highest BCUT2D eigenvalue weighted by Crippen LogP contribution is 2.29. The van der Waals surface area contributed by atoms with Gasteiger partial charge in [0.15, 0.2) is 0 Å². The van der Waals surface area contributed by atoms with Crippen LogP contribution in [0.15, 0.2) is 0 Å². The van der Waals surface area contributed by atoms with E-state index in [1.165, 1.54) is 12.8 Å². The Morgan fingerprint density at radius 2 is 2.00 bits per heavy atom. The number of rotatable bonds is 5. The molecule has 1 aliphatic carbocycles. The molecule has 1 saturated heterocycles. The van der Waals surface area contributed by atoms with Crippen LogP contribution in [0.5, 0.6) is 0 Å². The van der Waals surface area contributed by atoms with Crippen LogP contribution in [0, 0.1) is 5.41 Å². The molecule has 1 atom stereocenters. The van der Waals surface area contributed by atoms with Gasteiger partial charge in [-0.25, -0.2) is 0 Å². The fourth-order valence-corrected chi connectivity index (χ4v) is 2.34. The third kappa shape index (κ3) is 3.96. The summed E-state index contributed by atoms with van der Waals surface area (Å²) in [5, 5.41) is 12.4. The minimum atomic E-state index is -0.707. The molecule has 1 heterocycles. The molecule has 0 bridgehead atoms. The topological polar surface area (TPSA) is 52.6 Å². The van der Waals surface area contributed by atoms with Crippen LogP contribution in [0.1, 0.15) is 39.5 Å². The van der Waals surface area contributed by atoms with Crippen LogP contribution in [-0.4, -0.2) is 47.7 Å². The lowest BCUT2D eigenvalue weighted by molar-refractivity contribution is -0.140. The molecule has 98 valence electrons. The Morgan fingerprint density at radius 3 is 2.47 bits per heavy atom. The Labute approximate surface area is 103 Å². The number of nitrogens with zero attached hydrogens (tertiary/aromatic N) is 1. The first-order valence-electron chi connectivity index (χ1n) is 6.67. The molecule has 1 unspecified atom stereocenters. The first kappa shape index (κ1) is 12.8. The molecule has 4 nitrogen and oxygen atoms in total. The van der Waals surface area contributed by atoms with Gasteiger partial charge in [0, 0.05) is 12.6 Å². The standard InChI is InChI=1S/C13H24N2O2/c1-13(2)5-7-15(8-6-13)9-11(12(16)17)14-10-3-4-10/h10-11,14H,3-9H2,1-2H3,(H,16,17). The predicted molar refractivity (Wildman–Crippen MR) is 67.0 cm³/mol. The Hall–Kier alpha value is -0.610. The Bertz CT molecular complexity index is 277. The van der Waals surface area contributed by atoms with Crippen LogP contribution >= 0.6 is 0 Å². The molecule has 17 heavy (non-hydrogen) atoms. The first-order valence-corrected chi connectivity index (χ1v) is 6.67. The van der Waals surface area contributed by atoms with Gasteiger partial charge in [0.25, 0.3) is 0 Å². The maximum absolute atomic E-state index is 11.2. The number of hydrogen-bond acceptors (Lipinski definition) is 3. The van der Waals surface area contributed by atoms with Gasteiger partial charge in [-0.05, 0) is 44.2 Å². The van der Waals surface area contributed by atoms with Crippen LogP contribution in [0.2, 0.25) is 0 Å². The predicted octanol–water partition coefficient (Wildman–Crippen LogP) is 1.31. The van der Waals surface area contributed by atoms with Crippen molar-refractivity contribution in [2.24, 2.45) is 5.41 Å². The van der Waals surface area contributed by atoms with E-state index in [1.807, 2.05) is 0 Å². The molecule has 0 aromatic rings. The number of piperidine rings is 1. The molecule has 1 aliphatic heterocycles. The fraction of sp³-hybridized carbons (Fsp3) is 0.923. The van der Waals surface area contributed by atoms with E-state index in [2.05, 4.69) is 24.1 Å². The maximum Gasteiger partial charge on any atom is 0.322 e. The number of carboxylic acid groups (broad SMARTS) is 1. The van der Waals surface area contributed by atoms with Crippen molar-refractivity contribution in [3.8, 4) is 0 Å². The van der Waals surface area contributed by atoms with Crippen LogP contribution in [-0.2, 0) is 4.79 Å². The quantitative estimate of drug-likeness (QED) is 0.761. The van der Waals surface area contributed by atoms with Gasteiger partial charge < -0.3 is 15.3 Å². The summed E-state index contributed by atoms with van der Waals surface area (Å²) in [7, 11) is 0. The minimum Gasteiger partial charge on any atom is -0.480 e. The lowest BCUT2D eigenvalue weighted by Gasteiger charge is -2.37. The van der Waals surface area contributed by atoms with Crippen LogP contribution in [0.3, 0.4) is 0 Å². The molecule has 4 heteroatoms. The van der Waals surface area contributed by atoms with Gasteiger partial charge in [-0.3, -0.25) is 4.79 Å². The summed E-state index contributed by atoms with van der Waals surface area (Å²) >= 11 is 0. The van der Waals surface area contributed by atoms with E-state index >= 15 is 0 Å². The van der Waals surface area contributed by atoms with E-state index in [4.69, 9.17) is 0 Å². The highest BCUT2D eigenvalue weighted by atomic mass is 16.4. The van der Waals surface area contributed by atoms with Gasteiger partial charge in [0.1, 0.15) is 6.04 Å². The van der Waals surface area contributed by atoms with E-state index in [1.54, 1.807) is 0 Å². The monoisotopic (exact) mass is 240 g/mol. The zero-order valence-electron chi connectivity index (χ0n) is 10.9. The molecule has 0 aromatic heterocycles. The molecule has 0 spiro atoms. The minimum absolute atomic E-state index is 0.385. The number of nitrogens with one attached hydrogen (secondary N) is 1. The van der Waals surface area contributed by atoms with E-state index in [0.29, 0.717) is 18.0 Å². The third-order valence-electron chi connectivity index (χ3n) is 3.96. The van der Waals surface area contributed by atoms with Crippen molar-refractivity contribution in [3.05, 3.63) is 0 Å². The second kappa shape index (κ2) is 4.94. The molecular weight excluding hydrogens is 216 g/mol. The molecule has 2 rings (SSSR count). The summed E-state index contributed by atoms with van der Waals surface area (Å²) in [4.78, 5) is 13.5. The van der Waals surface area contributed by atoms with Crippen molar-refractivity contribution in [2.45, 2.75) is 51.6 Å². The molecule has 2 N–H and O–H groups in total. The Kier molecular flexibility index (Phi) is 3.73. The average molecular weight is 240 g/mol. The summed E-state index contributed by atoms with van der Waals surface area (Å²) < 4.78 is 0. The van der Waals surface area contributed by atoms with Crippen molar-refractivity contribution < 1.29 is 9.90 Å². The SMILES string of the molecule is CC1(C)CCN(CC(NC2CC2)C(=O)O)CC1. The van der Waals surface area contributed by atoms with E-state index in [-0.39, 0.29) is 6.04 Å². The second-order valence-corrected chi connectivity index (χ2v) is 6.30. The molecule has 0 aromatic carbocycles. The molecule has 0 amide bonds. The molecule has 0 radical (unpaired) electrons. The van der Waals surface area contributed by atoms with Gasteiger partial charge in [-0.15, -0.1) is 0 Å². The van der Waals surface area contributed by atoms with Crippen molar-refractivity contribution in [1.82, 2.24) is 10.2 Å². The van der Waals surface area contributed by atoms with Crippen molar-refractivity contribution in [3.63, 3.8) is 0 Å². The molecular formula is C13H24N2O2. The zero-order chi connectivity index (χ0) is 12.5. The molecule has 2 aliphatic rings. The van der Waals surface area contributed by atoms with Crippen LogP contribution in [0.25, 0.3) is 0 Å². The summed E-state index contributed by atoms with van der Waals surface area (Å²) in [6, 6.07) is 0.0704. The van der Waals surface area contributed by atoms with Crippen LogP contribution in [0.4, 0.5) is 0 Å². The third-order valence-corrected chi connectivity index (χ3v) is 3.96. The number of aliphatic carboxylic acids is 1. The Balaban J connectivity index is 1.79. The number of carbonyl (C=O) groups is 1. The number of carboxylic acids is 1. The zero-order valence-corrected chi connectivity index (χ0v) is 10.9. The van der Waals surface area contributed by atoms with Crippen molar-refractivity contribution >= 4 is 5.97 Å². The number of hydrogen-bond donors (Lipinski definition) is 2. The summed E-state index contributed by atoms with van der Waals surface area (Å²) in [6.45, 7) is 7.30. The largest absolute Gasteiger partial charge is 0.480 e. The van der Waals surface area contributed by atoms with Gasteiger partial charge in [-0.1, -0.05) is 13.8 Å². The second-order valence-electron chi connectivity index (χ2n) is 6.30. The van der Waals surface area contributed by atoms with Crippen molar-refractivity contribution in [2.75, 3.05) is 19.6 Å². The van der Waals surface area contributed by atoms with Gasteiger partial charge in [0.05, 0.1) is 0 Å². The van der Waals surface area contributed by atoms with Gasteiger partial charge in [0.2, 0.25) is 0 Å². The number of likely N-dealkylation sites (tertiary alicyclic amines) is 1. The van der Waals surface area contributed by atoms with Gasteiger partial charge in [-0.2, -0.15) is 0 Å². The normalized spacial score (nSPS) is 26.7. The lowest BCUT2D eigenvalue weighted by Crippen LogP contribution is -2.49. The molecule has 1 saturated carbocycles. The smallest absolute Gasteiger partial charge is 0.322 e. The van der Waals surface area contributed by atoms with E-state index in [0.717, 1.165) is 25.9 Å². The highest BCUT2D eigenvalue weighted by molar-refractivity contribution is 5.73. The Morgan fingerprint density at radius 1 is 1.41 bits per heavy atom. The van der Waals surface area contributed by atoms with Crippen LogP contribution < -0.4 is 5.32 Å². The summed E-state index contributed by atoms with van der Waals surface area (Å²) in [5.41, 5.74) is 0.430. The summed E-state index contributed by atoms with van der Waals surface area (Å²) in [6.07, 6.45) is 4.61. The average Bonchev–Trinajstić information content (AvgIpc) is 3.03. The fourth-order valence-electron chi connectivity index (χ4n) is 2.34.